The molecular weight excluding hydrogens is 403 g/mol. The Balaban J connectivity index is 2.25. The first-order valence-corrected chi connectivity index (χ1v) is 8.41. The molecule has 0 saturated carbocycles. The van der Waals surface area contributed by atoms with Crippen LogP contribution in [0.4, 0.5) is 0 Å². The number of hydrogen-bond acceptors (Lipinski definition) is 5. The van der Waals surface area contributed by atoms with Crippen LogP contribution in [-0.4, -0.2) is 19.9 Å². The minimum atomic E-state index is -1.58. The van der Waals surface area contributed by atoms with Crippen molar-refractivity contribution in [3.63, 3.8) is 0 Å². The number of nitrogens with zero attached hydrogens (tertiary/aromatic N) is 4. The molecule has 0 saturated heterocycles. The van der Waals surface area contributed by atoms with Crippen LogP contribution in [0.1, 0.15) is 11.1 Å². The van der Waals surface area contributed by atoms with Gasteiger partial charge in [0.15, 0.2) is 5.60 Å². The van der Waals surface area contributed by atoms with Gasteiger partial charge in [0, 0.05) is 20.6 Å². The molecule has 3 aromatic rings. The maximum Gasteiger partial charge on any atom is 0.295 e. The average molecular weight is 414 g/mol. The van der Waals surface area contributed by atoms with Gasteiger partial charge in [-0.25, -0.2) is 9.67 Å². The molecule has 2 aromatic carbocycles. The Morgan fingerprint density at radius 1 is 1.12 bits per heavy atom. The molecule has 134 valence electrons. The third-order valence-corrected chi connectivity index (χ3v) is 4.56. The van der Waals surface area contributed by atoms with Gasteiger partial charge in [-0.3, -0.25) is 4.84 Å². The second-order valence-electron chi connectivity index (χ2n) is 5.37. The smallest absolute Gasteiger partial charge is 0.295 e. The van der Waals surface area contributed by atoms with Gasteiger partial charge in [0.1, 0.15) is 12.7 Å². The van der Waals surface area contributed by atoms with Crippen molar-refractivity contribution < 1.29 is 9.92 Å². The van der Waals surface area contributed by atoms with Crippen molar-refractivity contribution in [1.29, 1.82) is 0 Å². The topological polar surface area (TPSA) is 83.1 Å². The van der Waals surface area contributed by atoms with Crippen LogP contribution in [0.5, 0.6) is 0 Å². The van der Waals surface area contributed by atoms with Gasteiger partial charge in [-0.05, 0) is 29.8 Å². The zero-order chi connectivity index (χ0) is 18.7. The molecular formula is C16H11Cl3N4O3. The predicted molar refractivity (Wildman–Crippen MR) is 96.8 cm³/mol. The van der Waals surface area contributed by atoms with E-state index in [-0.39, 0.29) is 11.6 Å². The van der Waals surface area contributed by atoms with Crippen LogP contribution in [-0.2, 0) is 17.0 Å². The Morgan fingerprint density at radius 3 is 2.38 bits per heavy atom. The molecule has 0 aliphatic heterocycles. The summed E-state index contributed by atoms with van der Waals surface area (Å²) in [5.74, 6) is 0. The van der Waals surface area contributed by atoms with E-state index in [1.54, 1.807) is 36.4 Å². The Bertz CT molecular complexity index is 919. The van der Waals surface area contributed by atoms with Crippen molar-refractivity contribution in [2.45, 2.75) is 12.1 Å². The minimum Gasteiger partial charge on any atom is -0.296 e. The summed E-state index contributed by atoms with van der Waals surface area (Å²) in [6.07, 6.45) is 2.75. The lowest BCUT2D eigenvalue weighted by molar-refractivity contribution is -0.782. The van der Waals surface area contributed by atoms with Gasteiger partial charge in [-0.15, -0.1) is 10.1 Å². The Kier molecular flexibility index (Phi) is 5.31. The highest BCUT2D eigenvalue weighted by atomic mass is 35.5. The van der Waals surface area contributed by atoms with Crippen LogP contribution < -0.4 is 0 Å². The van der Waals surface area contributed by atoms with Crippen molar-refractivity contribution in [3.8, 4) is 0 Å². The van der Waals surface area contributed by atoms with Gasteiger partial charge in [0.25, 0.3) is 5.09 Å². The van der Waals surface area contributed by atoms with Crippen LogP contribution in [0, 0.1) is 10.1 Å². The van der Waals surface area contributed by atoms with E-state index in [1.807, 2.05) is 0 Å². The third-order valence-electron chi connectivity index (χ3n) is 3.76. The summed E-state index contributed by atoms with van der Waals surface area (Å²) >= 11 is 18.3. The van der Waals surface area contributed by atoms with E-state index in [0.717, 1.165) is 0 Å². The van der Waals surface area contributed by atoms with Crippen LogP contribution in [0.2, 0.25) is 15.1 Å². The first kappa shape index (κ1) is 18.4. The fourth-order valence-corrected chi connectivity index (χ4v) is 3.36. The van der Waals surface area contributed by atoms with Crippen LogP contribution >= 0.6 is 34.8 Å². The van der Waals surface area contributed by atoms with Gasteiger partial charge in [0.2, 0.25) is 0 Å². The SMILES string of the molecule is O=[N+]([O-])OC(Cn1cncn1)(c1ccc(Cl)cc1)c1ccc(Cl)cc1Cl. The van der Waals surface area contributed by atoms with Crippen LogP contribution in [0.25, 0.3) is 0 Å². The first-order valence-electron chi connectivity index (χ1n) is 7.28. The van der Waals surface area contributed by atoms with Crippen molar-refractivity contribution in [3.05, 3.63) is 91.4 Å². The largest absolute Gasteiger partial charge is 0.296 e. The quantitative estimate of drug-likeness (QED) is 0.442. The summed E-state index contributed by atoms with van der Waals surface area (Å²) in [5.41, 5.74) is -0.750. The van der Waals surface area contributed by atoms with E-state index >= 15 is 0 Å². The van der Waals surface area contributed by atoms with Crippen molar-refractivity contribution in [2.75, 3.05) is 0 Å². The van der Waals surface area contributed by atoms with E-state index in [9.17, 15) is 10.1 Å². The lowest BCUT2D eigenvalue weighted by Gasteiger charge is -2.33. The number of rotatable bonds is 6. The van der Waals surface area contributed by atoms with Gasteiger partial charge in [-0.1, -0.05) is 53.0 Å². The van der Waals surface area contributed by atoms with Gasteiger partial charge in [-0.2, -0.15) is 5.10 Å². The first-order chi connectivity index (χ1) is 12.4. The predicted octanol–water partition coefficient (Wildman–Crippen LogP) is 4.39. The molecule has 0 radical (unpaired) electrons. The number of halogens is 3. The van der Waals surface area contributed by atoms with E-state index in [4.69, 9.17) is 39.6 Å². The Labute approximate surface area is 163 Å². The molecule has 0 aliphatic rings. The summed E-state index contributed by atoms with van der Waals surface area (Å²) in [5, 5.41) is 15.6. The minimum absolute atomic E-state index is 0.0447. The fourth-order valence-electron chi connectivity index (χ4n) is 2.67. The second kappa shape index (κ2) is 7.49. The molecule has 1 unspecified atom stereocenters. The lowest BCUT2D eigenvalue weighted by Crippen LogP contribution is -2.38. The zero-order valence-corrected chi connectivity index (χ0v) is 15.3. The Hall–Kier alpha value is -2.35. The molecule has 0 amide bonds. The Morgan fingerprint density at radius 2 is 1.81 bits per heavy atom. The van der Waals surface area contributed by atoms with Gasteiger partial charge in [0.05, 0.1) is 6.54 Å². The summed E-state index contributed by atoms with van der Waals surface area (Å²) in [7, 11) is 0. The normalized spacial score (nSPS) is 13.2. The van der Waals surface area contributed by atoms with Gasteiger partial charge >= 0.3 is 0 Å². The van der Waals surface area contributed by atoms with Crippen molar-refractivity contribution >= 4 is 34.8 Å². The van der Waals surface area contributed by atoms with Crippen LogP contribution in [0.3, 0.4) is 0 Å². The monoisotopic (exact) mass is 412 g/mol. The maximum absolute atomic E-state index is 11.4. The maximum atomic E-state index is 11.4. The summed E-state index contributed by atoms with van der Waals surface area (Å²) in [4.78, 5) is 20.5. The van der Waals surface area contributed by atoms with E-state index in [1.165, 1.54) is 23.4 Å². The summed E-state index contributed by atoms with van der Waals surface area (Å²) in [6, 6.07) is 11.1. The molecule has 7 nitrogen and oxygen atoms in total. The highest BCUT2D eigenvalue weighted by Crippen LogP contribution is 2.40. The average Bonchev–Trinajstić information content (AvgIpc) is 3.07. The molecule has 3 rings (SSSR count). The number of hydrogen-bond donors (Lipinski definition) is 0. The zero-order valence-electron chi connectivity index (χ0n) is 13.1. The number of aromatic nitrogens is 3. The van der Waals surface area contributed by atoms with E-state index < -0.39 is 10.7 Å². The van der Waals surface area contributed by atoms with Gasteiger partial charge < -0.3 is 0 Å². The molecule has 0 spiro atoms. The van der Waals surface area contributed by atoms with E-state index in [0.29, 0.717) is 21.2 Å². The third kappa shape index (κ3) is 3.75. The van der Waals surface area contributed by atoms with E-state index in [2.05, 4.69) is 10.1 Å². The van der Waals surface area contributed by atoms with Crippen molar-refractivity contribution in [2.24, 2.45) is 0 Å². The van der Waals surface area contributed by atoms with Crippen molar-refractivity contribution in [1.82, 2.24) is 14.8 Å². The fraction of sp³-hybridized carbons (Fsp3) is 0.125. The molecule has 0 bridgehead atoms. The highest BCUT2D eigenvalue weighted by Gasteiger charge is 2.41. The molecule has 1 atom stereocenters. The second-order valence-corrected chi connectivity index (χ2v) is 6.65. The molecule has 0 N–H and O–H groups in total. The number of benzene rings is 2. The summed E-state index contributed by atoms with van der Waals surface area (Å²) in [6.45, 7) is -0.0447. The molecule has 10 heteroatoms. The molecule has 0 fully saturated rings. The molecule has 26 heavy (non-hydrogen) atoms. The molecule has 0 aliphatic carbocycles. The van der Waals surface area contributed by atoms with Crippen LogP contribution in [0.15, 0.2) is 55.1 Å². The standard InChI is InChI=1S/C16H11Cl3N4O3/c17-12-3-1-11(2-4-12)16(26-23(24)25,8-22-10-20-9-21-22)14-6-5-13(18)7-15(14)19/h1-7,9-10H,8H2. The highest BCUT2D eigenvalue weighted by molar-refractivity contribution is 6.35. The molecule has 1 aromatic heterocycles. The lowest BCUT2D eigenvalue weighted by atomic mass is 9.86. The molecule has 1 heterocycles. The summed E-state index contributed by atoms with van der Waals surface area (Å²) < 4.78 is 1.42.